The van der Waals surface area contributed by atoms with Crippen LogP contribution in [0.5, 0.6) is 0 Å². The largest absolute Gasteiger partial charge is 0.390 e. The zero-order chi connectivity index (χ0) is 7.72. The molecule has 0 bridgehead atoms. The Morgan fingerprint density at radius 3 is 2.70 bits per heavy atom. The number of ketones is 1. The fraction of sp³-hybridized carbons (Fsp3) is 0.500. The summed E-state index contributed by atoms with van der Waals surface area (Å²) < 4.78 is 0.358. The lowest BCUT2D eigenvalue weighted by molar-refractivity contribution is -0.118. The van der Waals surface area contributed by atoms with Gasteiger partial charge in [0.25, 0.3) is 0 Å². The molecular weight excluding hydrogens is 200 g/mol. The van der Waals surface area contributed by atoms with Crippen molar-refractivity contribution in [2.24, 2.45) is 0 Å². The third-order valence-electron chi connectivity index (χ3n) is 1.36. The maximum atomic E-state index is 10.7. The maximum absolute atomic E-state index is 10.7. The molecule has 0 amide bonds. The van der Waals surface area contributed by atoms with Gasteiger partial charge in [-0.15, -0.1) is 0 Å². The van der Waals surface area contributed by atoms with Crippen molar-refractivity contribution >= 4 is 21.7 Å². The summed E-state index contributed by atoms with van der Waals surface area (Å²) in [4.78, 5) is 10.7. The highest BCUT2D eigenvalue weighted by atomic mass is 79.9. The van der Waals surface area contributed by atoms with Crippen LogP contribution in [0.2, 0.25) is 0 Å². The first-order chi connectivity index (χ1) is 4.61. The Kier molecular flexibility index (Phi) is 2.23. The molecule has 0 unspecified atom stereocenters. The zero-order valence-corrected chi connectivity index (χ0v) is 6.71. The van der Waals surface area contributed by atoms with Gasteiger partial charge in [-0.25, -0.2) is 0 Å². The molecule has 10 heavy (non-hydrogen) atoms. The number of hydrogen-bond acceptors (Lipinski definition) is 3. The molecule has 0 spiro atoms. The minimum Gasteiger partial charge on any atom is -0.390 e. The zero-order valence-electron chi connectivity index (χ0n) is 5.12. The van der Waals surface area contributed by atoms with Crippen LogP contribution in [0.4, 0.5) is 0 Å². The van der Waals surface area contributed by atoms with Crippen LogP contribution in [0.3, 0.4) is 0 Å². The summed E-state index contributed by atoms with van der Waals surface area (Å²) >= 11 is 2.96. The molecule has 0 fully saturated rings. The van der Waals surface area contributed by atoms with E-state index in [2.05, 4.69) is 15.9 Å². The van der Waals surface area contributed by atoms with Crippen LogP contribution in [-0.2, 0) is 4.79 Å². The lowest BCUT2D eigenvalue weighted by Gasteiger charge is -2.19. The summed E-state index contributed by atoms with van der Waals surface area (Å²) in [5.74, 6) is -0.162. The van der Waals surface area contributed by atoms with Crippen molar-refractivity contribution in [1.82, 2.24) is 0 Å². The van der Waals surface area contributed by atoms with Crippen LogP contribution in [-0.4, -0.2) is 28.2 Å². The predicted molar refractivity (Wildman–Crippen MR) is 38.6 cm³/mol. The standard InChI is InChI=1S/C6H7BrO3/c7-4-1-3(8)2-5(9)6(4)10/h1,5-6,9-10H,2H2/t5-,6+/m1/s1. The Hall–Kier alpha value is -0.190. The van der Waals surface area contributed by atoms with Crippen molar-refractivity contribution in [3.63, 3.8) is 0 Å². The van der Waals surface area contributed by atoms with Crippen molar-refractivity contribution in [2.45, 2.75) is 18.6 Å². The van der Waals surface area contributed by atoms with Crippen molar-refractivity contribution in [3.8, 4) is 0 Å². The third-order valence-corrected chi connectivity index (χ3v) is 2.05. The van der Waals surface area contributed by atoms with E-state index in [1.54, 1.807) is 0 Å². The molecule has 3 nitrogen and oxygen atoms in total. The van der Waals surface area contributed by atoms with Gasteiger partial charge in [-0.3, -0.25) is 4.79 Å². The molecule has 4 heteroatoms. The highest BCUT2D eigenvalue weighted by molar-refractivity contribution is 9.11. The van der Waals surface area contributed by atoms with Gasteiger partial charge in [0.2, 0.25) is 0 Å². The minimum absolute atomic E-state index is 0.0102. The van der Waals surface area contributed by atoms with E-state index < -0.39 is 12.2 Å². The summed E-state index contributed by atoms with van der Waals surface area (Å²) in [5.41, 5.74) is 0. The number of aliphatic hydroxyl groups is 2. The number of carbonyl (C=O) groups excluding carboxylic acids is 1. The Morgan fingerprint density at radius 1 is 1.60 bits per heavy atom. The van der Waals surface area contributed by atoms with E-state index in [4.69, 9.17) is 10.2 Å². The maximum Gasteiger partial charge on any atom is 0.159 e. The molecule has 0 saturated heterocycles. The van der Waals surface area contributed by atoms with E-state index in [-0.39, 0.29) is 12.2 Å². The molecule has 0 radical (unpaired) electrons. The summed E-state index contributed by atoms with van der Waals surface area (Å²) in [6, 6.07) is 0. The van der Waals surface area contributed by atoms with E-state index in [0.717, 1.165) is 0 Å². The monoisotopic (exact) mass is 206 g/mol. The number of halogens is 1. The highest BCUT2D eigenvalue weighted by Crippen LogP contribution is 2.21. The first-order valence-corrected chi connectivity index (χ1v) is 3.66. The second kappa shape index (κ2) is 2.82. The number of carbonyl (C=O) groups is 1. The van der Waals surface area contributed by atoms with E-state index in [1.165, 1.54) is 6.08 Å². The Balaban J connectivity index is 2.80. The second-order valence-electron chi connectivity index (χ2n) is 2.21. The van der Waals surface area contributed by atoms with E-state index >= 15 is 0 Å². The van der Waals surface area contributed by atoms with Gasteiger partial charge in [-0.05, 0) is 6.08 Å². The van der Waals surface area contributed by atoms with Crippen LogP contribution in [0.15, 0.2) is 10.6 Å². The molecule has 0 heterocycles. The number of aliphatic hydroxyl groups excluding tert-OH is 2. The molecule has 0 aromatic rings. The van der Waals surface area contributed by atoms with E-state index in [0.29, 0.717) is 4.48 Å². The first kappa shape index (κ1) is 7.91. The number of allylic oxidation sites excluding steroid dienone is 1. The van der Waals surface area contributed by atoms with Gasteiger partial charge in [-0.1, -0.05) is 15.9 Å². The van der Waals surface area contributed by atoms with Gasteiger partial charge in [0.15, 0.2) is 5.78 Å². The molecule has 0 aromatic carbocycles. The Bertz CT molecular complexity index is 187. The van der Waals surface area contributed by atoms with Gasteiger partial charge in [0.1, 0.15) is 6.10 Å². The van der Waals surface area contributed by atoms with Crippen LogP contribution >= 0.6 is 15.9 Å². The predicted octanol–water partition coefficient (Wildman–Crippen LogP) is -0.0402. The molecule has 1 aliphatic rings. The summed E-state index contributed by atoms with van der Waals surface area (Å²) in [6.45, 7) is 0. The fourth-order valence-corrected chi connectivity index (χ4v) is 1.36. The van der Waals surface area contributed by atoms with Gasteiger partial charge >= 0.3 is 0 Å². The van der Waals surface area contributed by atoms with Crippen LogP contribution < -0.4 is 0 Å². The average Bonchev–Trinajstić information content (AvgIpc) is 1.82. The van der Waals surface area contributed by atoms with Crippen LogP contribution in [0.1, 0.15) is 6.42 Å². The topological polar surface area (TPSA) is 57.5 Å². The van der Waals surface area contributed by atoms with Crippen molar-refractivity contribution in [1.29, 1.82) is 0 Å². The van der Waals surface area contributed by atoms with Gasteiger partial charge < -0.3 is 10.2 Å². The van der Waals surface area contributed by atoms with Crippen molar-refractivity contribution in [3.05, 3.63) is 10.6 Å². The van der Waals surface area contributed by atoms with E-state index in [1.807, 2.05) is 0 Å². The molecule has 0 saturated carbocycles. The normalized spacial score (nSPS) is 33.9. The lowest BCUT2D eigenvalue weighted by atomic mass is 10.0. The van der Waals surface area contributed by atoms with Crippen molar-refractivity contribution < 1.29 is 15.0 Å². The summed E-state index contributed by atoms with van der Waals surface area (Å²) in [5, 5.41) is 18.0. The average molecular weight is 207 g/mol. The Morgan fingerprint density at radius 2 is 2.20 bits per heavy atom. The number of hydrogen-bond donors (Lipinski definition) is 2. The van der Waals surface area contributed by atoms with Crippen LogP contribution in [0, 0.1) is 0 Å². The van der Waals surface area contributed by atoms with Crippen LogP contribution in [0.25, 0.3) is 0 Å². The molecule has 56 valence electrons. The molecular formula is C6H7BrO3. The summed E-state index contributed by atoms with van der Waals surface area (Å²) in [7, 11) is 0. The van der Waals surface area contributed by atoms with Gasteiger partial charge in [0, 0.05) is 10.9 Å². The second-order valence-corrected chi connectivity index (χ2v) is 3.13. The third kappa shape index (κ3) is 1.45. The van der Waals surface area contributed by atoms with E-state index in [9.17, 15) is 4.79 Å². The molecule has 1 rings (SSSR count). The molecule has 2 N–H and O–H groups in total. The first-order valence-electron chi connectivity index (χ1n) is 2.87. The lowest BCUT2D eigenvalue weighted by Crippen LogP contribution is -2.32. The Labute approximate surface area is 66.5 Å². The quantitative estimate of drug-likeness (QED) is 0.585. The summed E-state index contributed by atoms with van der Waals surface area (Å²) in [6.07, 6.45) is -0.585. The molecule has 1 aliphatic carbocycles. The molecule has 2 atom stereocenters. The molecule has 0 aromatic heterocycles. The van der Waals surface area contributed by atoms with Gasteiger partial charge in [0.05, 0.1) is 6.10 Å². The SMILES string of the molecule is O=C1C=C(Br)[C@H](O)[C@H](O)C1. The van der Waals surface area contributed by atoms with Gasteiger partial charge in [-0.2, -0.15) is 0 Å². The molecule has 0 aliphatic heterocycles. The minimum atomic E-state index is -0.952. The smallest absolute Gasteiger partial charge is 0.159 e. The highest BCUT2D eigenvalue weighted by Gasteiger charge is 2.26. The fourth-order valence-electron chi connectivity index (χ4n) is 0.800. The van der Waals surface area contributed by atoms with Crippen molar-refractivity contribution in [2.75, 3.05) is 0 Å². The number of rotatable bonds is 0.